The van der Waals surface area contributed by atoms with E-state index in [0.29, 0.717) is 31.4 Å². The second kappa shape index (κ2) is 6.78. The van der Waals surface area contributed by atoms with Gasteiger partial charge in [-0.05, 0) is 44.9 Å². The van der Waals surface area contributed by atoms with Crippen molar-refractivity contribution < 1.29 is 9.90 Å². The molecule has 4 rings (SSSR count). The molecule has 0 aliphatic heterocycles. The Morgan fingerprint density at radius 1 is 0.926 bits per heavy atom. The summed E-state index contributed by atoms with van der Waals surface area (Å²) in [5, 5.41) is 15.9. The summed E-state index contributed by atoms with van der Waals surface area (Å²) in [5.74, 6) is 0.219. The lowest BCUT2D eigenvalue weighted by molar-refractivity contribution is -0.125. The van der Waals surface area contributed by atoms with Crippen LogP contribution < -0.4 is 0 Å². The Morgan fingerprint density at radius 2 is 1.48 bits per heavy atom. The van der Waals surface area contributed by atoms with E-state index in [-0.39, 0.29) is 5.78 Å². The van der Waals surface area contributed by atoms with Crippen molar-refractivity contribution in [3.8, 4) is 16.9 Å². The smallest absolute Gasteiger partial charge is 0.133 e. The van der Waals surface area contributed by atoms with Crippen LogP contribution in [0.2, 0.25) is 0 Å². The average Bonchev–Trinajstić information content (AvgIpc) is 3.12. The van der Waals surface area contributed by atoms with Crippen molar-refractivity contribution in [1.29, 1.82) is 0 Å². The summed E-state index contributed by atoms with van der Waals surface area (Å²) in [6, 6.07) is 18.5. The number of aliphatic hydroxyl groups is 1. The number of carbonyl (C=O) groups is 1. The maximum atomic E-state index is 11.6. The molecule has 1 aliphatic carbocycles. The van der Waals surface area contributed by atoms with Crippen LogP contribution in [0.25, 0.3) is 16.9 Å². The molecule has 4 nitrogen and oxygen atoms in total. The van der Waals surface area contributed by atoms with E-state index in [2.05, 4.69) is 50.2 Å². The van der Waals surface area contributed by atoms with Crippen molar-refractivity contribution in [3.63, 3.8) is 0 Å². The Balaban J connectivity index is 1.83. The van der Waals surface area contributed by atoms with Crippen LogP contribution in [-0.2, 0) is 10.4 Å². The predicted octanol–water partition coefficient (Wildman–Crippen LogP) is 4.49. The Hall–Kier alpha value is -2.72. The molecule has 0 radical (unpaired) electrons. The van der Waals surface area contributed by atoms with Gasteiger partial charge in [0, 0.05) is 18.4 Å². The molecule has 1 N–H and O–H groups in total. The van der Waals surface area contributed by atoms with Crippen molar-refractivity contribution in [2.75, 3.05) is 0 Å². The number of Topliss-reactive ketones (excluding diaryl/α,β-unsaturated/α-hetero) is 1. The van der Waals surface area contributed by atoms with Gasteiger partial charge in [-0.1, -0.05) is 47.5 Å². The van der Waals surface area contributed by atoms with Crippen LogP contribution in [0.5, 0.6) is 0 Å². The van der Waals surface area contributed by atoms with Crippen LogP contribution in [-0.4, -0.2) is 20.7 Å². The quantitative estimate of drug-likeness (QED) is 0.749. The normalized spacial score (nSPS) is 16.5. The zero-order valence-corrected chi connectivity index (χ0v) is 15.8. The molecule has 3 aromatic rings. The maximum Gasteiger partial charge on any atom is 0.133 e. The summed E-state index contributed by atoms with van der Waals surface area (Å²) in [4.78, 5) is 11.6. The summed E-state index contributed by atoms with van der Waals surface area (Å²) in [6.07, 6.45) is 1.69. The SMILES string of the molecule is Cc1ccc(-c2cc(C3(O)CCC(=O)CC3)nn2-c2ccc(C)cc2)cc1. The minimum absolute atomic E-state index is 0.219. The van der Waals surface area contributed by atoms with Crippen molar-refractivity contribution in [3.05, 3.63) is 71.4 Å². The van der Waals surface area contributed by atoms with E-state index in [1.807, 2.05) is 22.9 Å². The van der Waals surface area contributed by atoms with Crippen molar-refractivity contribution >= 4 is 5.78 Å². The highest BCUT2D eigenvalue weighted by Crippen LogP contribution is 2.37. The zero-order valence-electron chi connectivity index (χ0n) is 15.8. The molecule has 27 heavy (non-hydrogen) atoms. The highest BCUT2D eigenvalue weighted by Gasteiger charge is 2.37. The first-order valence-electron chi connectivity index (χ1n) is 9.43. The molecule has 0 unspecified atom stereocenters. The predicted molar refractivity (Wildman–Crippen MR) is 106 cm³/mol. The van der Waals surface area contributed by atoms with E-state index in [4.69, 9.17) is 5.10 Å². The van der Waals surface area contributed by atoms with E-state index >= 15 is 0 Å². The Labute approximate surface area is 159 Å². The molecule has 0 saturated heterocycles. The summed E-state index contributed by atoms with van der Waals surface area (Å²) in [7, 11) is 0. The van der Waals surface area contributed by atoms with Gasteiger partial charge in [0.05, 0.1) is 17.1 Å². The molecule has 1 aliphatic rings. The molecule has 0 bridgehead atoms. The van der Waals surface area contributed by atoms with Crippen molar-refractivity contribution in [1.82, 2.24) is 9.78 Å². The Morgan fingerprint density at radius 3 is 2.07 bits per heavy atom. The summed E-state index contributed by atoms with van der Waals surface area (Å²) >= 11 is 0. The number of rotatable bonds is 3. The number of aryl methyl sites for hydroxylation is 2. The van der Waals surface area contributed by atoms with Crippen LogP contribution in [0.1, 0.15) is 42.5 Å². The lowest BCUT2D eigenvalue weighted by atomic mass is 9.82. The highest BCUT2D eigenvalue weighted by atomic mass is 16.3. The molecule has 1 saturated carbocycles. The molecule has 1 aromatic heterocycles. The second-order valence-corrected chi connectivity index (χ2v) is 7.60. The number of nitrogens with zero attached hydrogens (tertiary/aromatic N) is 2. The fourth-order valence-electron chi connectivity index (χ4n) is 3.62. The highest BCUT2D eigenvalue weighted by molar-refractivity contribution is 5.79. The molecule has 2 aromatic carbocycles. The third-order valence-electron chi connectivity index (χ3n) is 5.45. The van der Waals surface area contributed by atoms with E-state index in [1.54, 1.807) is 0 Å². The number of hydrogen-bond acceptors (Lipinski definition) is 3. The first-order chi connectivity index (χ1) is 12.9. The van der Waals surface area contributed by atoms with Crippen LogP contribution in [0.3, 0.4) is 0 Å². The first-order valence-corrected chi connectivity index (χ1v) is 9.43. The van der Waals surface area contributed by atoms with Crippen LogP contribution in [0.15, 0.2) is 54.6 Å². The van der Waals surface area contributed by atoms with Gasteiger partial charge in [0.2, 0.25) is 0 Å². The fourth-order valence-corrected chi connectivity index (χ4v) is 3.62. The van der Waals surface area contributed by atoms with Crippen molar-refractivity contribution in [2.45, 2.75) is 45.1 Å². The van der Waals surface area contributed by atoms with E-state index < -0.39 is 5.60 Å². The van der Waals surface area contributed by atoms with Gasteiger partial charge < -0.3 is 5.11 Å². The molecular formula is C23H24N2O2. The van der Waals surface area contributed by atoms with Gasteiger partial charge in [0.25, 0.3) is 0 Å². The van der Waals surface area contributed by atoms with Gasteiger partial charge in [-0.2, -0.15) is 5.10 Å². The number of benzene rings is 2. The van der Waals surface area contributed by atoms with Crippen LogP contribution in [0.4, 0.5) is 0 Å². The van der Waals surface area contributed by atoms with Gasteiger partial charge in [0.1, 0.15) is 11.4 Å². The third-order valence-corrected chi connectivity index (χ3v) is 5.45. The molecule has 0 spiro atoms. The van der Waals surface area contributed by atoms with Crippen LogP contribution in [0, 0.1) is 13.8 Å². The van der Waals surface area contributed by atoms with Crippen LogP contribution >= 0.6 is 0 Å². The maximum absolute atomic E-state index is 11.6. The Kier molecular flexibility index (Phi) is 4.44. The average molecular weight is 360 g/mol. The standard InChI is InChI=1S/C23H24N2O2/c1-16-3-7-18(8-4-16)21-15-22(23(27)13-11-20(26)12-14-23)24-25(21)19-9-5-17(2)6-10-19/h3-10,15,27H,11-14H2,1-2H3. The number of aromatic nitrogens is 2. The van der Waals surface area contributed by atoms with Gasteiger partial charge in [0.15, 0.2) is 0 Å². The monoisotopic (exact) mass is 360 g/mol. The molecule has 138 valence electrons. The van der Waals surface area contributed by atoms with E-state index in [0.717, 1.165) is 16.9 Å². The lowest BCUT2D eigenvalue weighted by Gasteiger charge is -2.29. The summed E-state index contributed by atoms with van der Waals surface area (Å²) < 4.78 is 1.90. The fraction of sp³-hybridized carbons (Fsp3) is 0.304. The number of ketones is 1. The number of carbonyl (C=O) groups excluding carboxylic acids is 1. The van der Waals surface area contributed by atoms with E-state index in [1.165, 1.54) is 11.1 Å². The zero-order chi connectivity index (χ0) is 19.0. The Bertz CT molecular complexity index is 896. The topological polar surface area (TPSA) is 55.1 Å². The summed E-state index contributed by atoms with van der Waals surface area (Å²) in [6.45, 7) is 4.12. The third kappa shape index (κ3) is 3.45. The molecule has 0 amide bonds. The van der Waals surface area contributed by atoms with Gasteiger partial charge in [-0.3, -0.25) is 4.79 Å². The van der Waals surface area contributed by atoms with E-state index in [9.17, 15) is 9.90 Å². The van der Waals surface area contributed by atoms with Gasteiger partial charge >= 0.3 is 0 Å². The molecule has 1 fully saturated rings. The minimum Gasteiger partial charge on any atom is -0.383 e. The van der Waals surface area contributed by atoms with Gasteiger partial charge in [-0.15, -0.1) is 0 Å². The largest absolute Gasteiger partial charge is 0.383 e. The first kappa shape index (κ1) is 17.7. The van der Waals surface area contributed by atoms with Gasteiger partial charge in [-0.25, -0.2) is 4.68 Å². The lowest BCUT2D eigenvalue weighted by Crippen LogP contribution is -2.32. The molecule has 4 heteroatoms. The molecule has 0 atom stereocenters. The van der Waals surface area contributed by atoms with Crippen molar-refractivity contribution in [2.24, 2.45) is 0 Å². The molecular weight excluding hydrogens is 336 g/mol. The number of hydrogen-bond donors (Lipinski definition) is 1. The molecule has 1 heterocycles. The summed E-state index contributed by atoms with van der Waals surface area (Å²) in [5.41, 5.74) is 4.94. The second-order valence-electron chi connectivity index (χ2n) is 7.60. The minimum atomic E-state index is -1.04.